The summed E-state index contributed by atoms with van der Waals surface area (Å²) in [5.74, 6) is -0.216. The number of nitrogens with zero attached hydrogens (tertiary/aromatic N) is 2. The fourth-order valence-corrected chi connectivity index (χ4v) is 2.47. The van der Waals surface area contributed by atoms with E-state index >= 15 is 0 Å². The van der Waals surface area contributed by atoms with Gasteiger partial charge < -0.3 is 5.32 Å². The van der Waals surface area contributed by atoms with Crippen molar-refractivity contribution in [2.24, 2.45) is 0 Å². The van der Waals surface area contributed by atoms with E-state index in [1.54, 1.807) is 41.2 Å². The van der Waals surface area contributed by atoms with E-state index in [0.717, 1.165) is 11.4 Å². The number of anilines is 1. The van der Waals surface area contributed by atoms with Gasteiger partial charge in [-0.3, -0.25) is 4.79 Å². The largest absolute Gasteiger partial charge is 0.322 e. The quantitative estimate of drug-likeness (QED) is 0.745. The van der Waals surface area contributed by atoms with Gasteiger partial charge in [0, 0.05) is 23.1 Å². The van der Waals surface area contributed by atoms with Gasteiger partial charge in [-0.15, -0.1) is 0 Å². The molecule has 3 aromatic rings. The van der Waals surface area contributed by atoms with Crippen molar-refractivity contribution in [3.63, 3.8) is 0 Å². The van der Waals surface area contributed by atoms with Crippen LogP contribution in [0.5, 0.6) is 0 Å². The fourth-order valence-electron chi connectivity index (χ4n) is 2.17. The van der Waals surface area contributed by atoms with Crippen LogP contribution in [0, 0.1) is 6.92 Å². The number of halogens is 2. The van der Waals surface area contributed by atoms with Crippen molar-refractivity contribution < 1.29 is 4.79 Å². The Morgan fingerprint density at radius 3 is 2.39 bits per heavy atom. The van der Waals surface area contributed by atoms with E-state index in [1.807, 2.05) is 25.1 Å². The van der Waals surface area contributed by atoms with Crippen molar-refractivity contribution in [2.45, 2.75) is 6.92 Å². The van der Waals surface area contributed by atoms with E-state index in [0.29, 0.717) is 21.3 Å². The molecule has 1 aromatic heterocycles. The number of benzene rings is 2. The topological polar surface area (TPSA) is 46.9 Å². The van der Waals surface area contributed by atoms with E-state index in [2.05, 4.69) is 10.4 Å². The molecule has 0 aliphatic heterocycles. The summed E-state index contributed by atoms with van der Waals surface area (Å²) in [5, 5.41) is 7.87. The third kappa shape index (κ3) is 3.38. The predicted molar refractivity (Wildman–Crippen MR) is 92.7 cm³/mol. The van der Waals surface area contributed by atoms with Gasteiger partial charge in [-0.25, -0.2) is 4.68 Å². The summed E-state index contributed by atoms with van der Waals surface area (Å²) in [6, 6.07) is 14.1. The van der Waals surface area contributed by atoms with Crippen molar-refractivity contribution in [3.05, 3.63) is 76.0 Å². The molecule has 3 rings (SSSR count). The Labute approximate surface area is 143 Å². The van der Waals surface area contributed by atoms with Gasteiger partial charge >= 0.3 is 0 Å². The second kappa shape index (κ2) is 6.44. The highest BCUT2D eigenvalue weighted by molar-refractivity contribution is 6.42. The maximum Gasteiger partial charge on any atom is 0.255 e. The van der Waals surface area contributed by atoms with E-state index in [1.165, 1.54) is 0 Å². The van der Waals surface area contributed by atoms with E-state index < -0.39 is 0 Å². The van der Waals surface area contributed by atoms with Gasteiger partial charge in [0.05, 0.1) is 15.7 Å². The number of rotatable bonds is 3. The monoisotopic (exact) mass is 345 g/mol. The van der Waals surface area contributed by atoms with Crippen LogP contribution in [0.4, 0.5) is 5.69 Å². The van der Waals surface area contributed by atoms with Crippen molar-refractivity contribution in [3.8, 4) is 5.69 Å². The van der Waals surface area contributed by atoms with Gasteiger partial charge in [-0.05, 0) is 55.5 Å². The van der Waals surface area contributed by atoms with E-state index in [9.17, 15) is 4.79 Å². The third-order valence-electron chi connectivity index (χ3n) is 3.38. The summed E-state index contributed by atoms with van der Waals surface area (Å²) in [7, 11) is 0. The Balaban J connectivity index is 1.77. The average molecular weight is 346 g/mol. The molecule has 0 radical (unpaired) electrons. The van der Waals surface area contributed by atoms with Gasteiger partial charge in [0.2, 0.25) is 0 Å². The number of hydrogen-bond acceptors (Lipinski definition) is 2. The highest BCUT2D eigenvalue weighted by atomic mass is 35.5. The fraction of sp³-hybridized carbons (Fsp3) is 0.0588. The van der Waals surface area contributed by atoms with Crippen LogP contribution in [0.15, 0.2) is 54.7 Å². The Hall–Kier alpha value is -2.30. The normalized spacial score (nSPS) is 10.6. The molecule has 0 aliphatic rings. The first-order chi connectivity index (χ1) is 11.0. The van der Waals surface area contributed by atoms with Gasteiger partial charge in [0.1, 0.15) is 0 Å². The lowest BCUT2D eigenvalue weighted by molar-refractivity contribution is 0.102. The summed E-state index contributed by atoms with van der Waals surface area (Å²) in [6.07, 6.45) is 1.74. The smallest absolute Gasteiger partial charge is 0.255 e. The standard InChI is InChI=1S/C17H13Cl2N3O/c1-11-8-9-20-22(11)14-5-2-12(3-6-14)17(23)21-13-4-7-15(18)16(19)10-13/h2-10H,1H3,(H,21,23). The molecule has 1 heterocycles. The number of aromatic nitrogens is 2. The number of amides is 1. The zero-order valence-electron chi connectivity index (χ0n) is 12.3. The SMILES string of the molecule is Cc1ccnn1-c1ccc(C(=O)Nc2ccc(Cl)c(Cl)c2)cc1. The number of hydrogen-bond donors (Lipinski definition) is 1. The van der Waals surface area contributed by atoms with Crippen molar-refractivity contribution in [2.75, 3.05) is 5.32 Å². The highest BCUT2D eigenvalue weighted by Crippen LogP contribution is 2.25. The molecule has 1 N–H and O–H groups in total. The number of nitrogens with one attached hydrogen (secondary N) is 1. The Morgan fingerprint density at radius 1 is 1.04 bits per heavy atom. The molecule has 0 saturated carbocycles. The first kappa shape index (κ1) is 15.6. The minimum atomic E-state index is -0.216. The minimum Gasteiger partial charge on any atom is -0.322 e. The molecule has 2 aromatic carbocycles. The van der Waals surface area contributed by atoms with E-state index in [-0.39, 0.29) is 5.91 Å². The zero-order valence-corrected chi connectivity index (χ0v) is 13.8. The van der Waals surface area contributed by atoms with Crippen LogP contribution in [0.1, 0.15) is 16.1 Å². The van der Waals surface area contributed by atoms with Crippen molar-refractivity contribution in [1.82, 2.24) is 9.78 Å². The lowest BCUT2D eigenvalue weighted by Crippen LogP contribution is -2.12. The minimum absolute atomic E-state index is 0.216. The predicted octanol–water partition coefficient (Wildman–Crippen LogP) is 4.74. The van der Waals surface area contributed by atoms with Gasteiger partial charge in [-0.2, -0.15) is 5.10 Å². The summed E-state index contributed by atoms with van der Waals surface area (Å²) in [5.41, 5.74) is 3.07. The summed E-state index contributed by atoms with van der Waals surface area (Å²) < 4.78 is 1.81. The number of carbonyl (C=O) groups excluding carboxylic acids is 1. The molecule has 0 saturated heterocycles. The van der Waals surface area contributed by atoms with Crippen LogP contribution in [-0.2, 0) is 0 Å². The third-order valence-corrected chi connectivity index (χ3v) is 4.12. The molecule has 0 fully saturated rings. The molecular formula is C17H13Cl2N3O. The van der Waals surface area contributed by atoms with Crippen LogP contribution in [0.3, 0.4) is 0 Å². The summed E-state index contributed by atoms with van der Waals surface area (Å²) >= 11 is 11.8. The summed E-state index contributed by atoms with van der Waals surface area (Å²) in [4.78, 5) is 12.3. The van der Waals surface area contributed by atoms with Crippen molar-refractivity contribution >= 4 is 34.8 Å². The van der Waals surface area contributed by atoms with Crippen LogP contribution in [-0.4, -0.2) is 15.7 Å². The first-order valence-electron chi connectivity index (χ1n) is 6.92. The number of aryl methyl sites for hydroxylation is 1. The zero-order chi connectivity index (χ0) is 16.4. The van der Waals surface area contributed by atoms with Crippen LogP contribution >= 0.6 is 23.2 Å². The highest BCUT2D eigenvalue weighted by Gasteiger charge is 2.08. The maximum atomic E-state index is 12.3. The molecule has 116 valence electrons. The molecule has 4 nitrogen and oxygen atoms in total. The lowest BCUT2D eigenvalue weighted by atomic mass is 10.2. The Bertz CT molecular complexity index is 857. The van der Waals surface area contributed by atoms with Crippen LogP contribution in [0.25, 0.3) is 5.69 Å². The molecule has 23 heavy (non-hydrogen) atoms. The second-order valence-electron chi connectivity index (χ2n) is 5.01. The molecule has 1 amide bonds. The number of carbonyl (C=O) groups is 1. The molecule has 6 heteroatoms. The Morgan fingerprint density at radius 2 is 1.78 bits per heavy atom. The molecule has 0 aliphatic carbocycles. The molecule has 0 bridgehead atoms. The van der Waals surface area contributed by atoms with Gasteiger partial charge in [0.25, 0.3) is 5.91 Å². The maximum absolute atomic E-state index is 12.3. The first-order valence-corrected chi connectivity index (χ1v) is 7.67. The average Bonchev–Trinajstić information content (AvgIpc) is 2.97. The van der Waals surface area contributed by atoms with Gasteiger partial charge in [0.15, 0.2) is 0 Å². The molecular weight excluding hydrogens is 333 g/mol. The molecule has 0 atom stereocenters. The van der Waals surface area contributed by atoms with Crippen molar-refractivity contribution in [1.29, 1.82) is 0 Å². The van der Waals surface area contributed by atoms with Crippen LogP contribution < -0.4 is 5.32 Å². The summed E-state index contributed by atoms with van der Waals surface area (Å²) in [6.45, 7) is 1.97. The van der Waals surface area contributed by atoms with Crippen LogP contribution in [0.2, 0.25) is 10.0 Å². The molecule has 0 spiro atoms. The van der Waals surface area contributed by atoms with Gasteiger partial charge in [-0.1, -0.05) is 23.2 Å². The molecule has 0 unspecified atom stereocenters. The Kier molecular flexibility index (Phi) is 4.37. The van der Waals surface area contributed by atoms with E-state index in [4.69, 9.17) is 23.2 Å². The lowest BCUT2D eigenvalue weighted by Gasteiger charge is -2.08. The second-order valence-corrected chi connectivity index (χ2v) is 5.83.